The number of rotatable bonds is 3. The summed E-state index contributed by atoms with van der Waals surface area (Å²) in [5.74, 6) is 1.15. The van der Waals surface area contributed by atoms with E-state index >= 15 is 0 Å². The van der Waals surface area contributed by atoms with Crippen molar-refractivity contribution in [3.8, 4) is 11.5 Å². The van der Waals surface area contributed by atoms with Crippen molar-refractivity contribution in [1.82, 2.24) is 0 Å². The van der Waals surface area contributed by atoms with Gasteiger partial charge in [-0.3, -0.25) is 0 Å². The maximum Gasteiger partial charge on any atom is 0.377 e. The van der Waals surface area contributed by atoms with Crippen molar-refractivity contribution in [1.29, 1.82) is 0 Å². The first kappa shape index (κ1) is 14.8. The first-order valence-corrected chi connectivity index (χ1v) is 11.9. The van der Waals surface area contributed by atoms with Crippen LogP contribution >= 0.6 is 33.2 Å². The Morgan fingerprint density at radius 3 is 2.65 bits per heavy atom. The molecule has 0 radical (unpaired) electrons. The summed E-state index contributed by atoms with van der Waals surface area (Å²) < 4.78 is 17.4. The highest BCUT2D eigenvalue weighted by Gasteiger charge is 2.40. The van der Waals surface area contributed by atoms with E-state index in [1.54, 1.807) is 0 Å². The van der Waals surface area contributed by atoms with Gasteiger partial charge in [0.25, 0.3) is 0 Å². The third kappa shape index (κ3) is 3.36. The zero-order valence-corrected chi connectivity index (χ0v) is 14.1. The SMILES string of the molecule is Cl[Si](Cl)(Cl)COc1ccc2c(c1)COC1(CCCC1)O2. The Hall–Kier alpha value is -0.133. The van der Waals surface area contributed by atoms with Crippen LogP contribution in [0.25, 0.3) is 0 Å². The Bertz CT molecular complexity index is 498. The van der Waals surface area contributed by atoms with Gasteiger partial charge in [0.2, 0.25) is 5.79 Å². The summed E-state index contributed by atoms with van der Waals surface area (Å²) in [6.07, 6.45) is 4.38. The molecule has 3 rings (SSSR count). The molecule has 0 aromatic heterocycles. The summed E-state index contributed by atoms with van der Waals surface area (Å²) in [6.45, 7) is 0.539. The summed E-state index contributed by atoms with van der Waals surface area (Å²) in [7, 11) is 0. The lowest BCUT2D eigenvalue weighted by molar-refractivity contribution is -0.200. The largest absolute Gasteiger partial charge is 0.493 e. The third-order valence-electron chi connectivity index (χ3n) is 3.59. The molecule has 0 saturated heterocycles. The molecule has 0 atom stereocenters. The molecular weight excluding hydrogens is 339 g/mol. The maximum atomic E-state index is 6.03. The van der Waals surface area contributed by atoms with Gasteiger partial charge in [0, 0.05) is 18.4 Å². The lowest BCUT2D eigenvalue weighted by Gasteiger charge is -2.35. The van der Waals surface area contributed by atoms with Crippen LogP contribution in [-0.2, 0) is 11.3 Å². The minimum Gasteiger partial charge on any atom is -0.493 e. The molecule has 20 heavy (non-hydrogen) atoms. The fraction of sp³-hybridized carbons (Fsp3) is 0.538. The molecule has 1 heterocycles. The molecule has 1 aromatic rings. The highest BCUT2D eigenvalue weighted by molar-refractivity contribution is 7.64. The summed E-state index contributed by atoms with van der Waals surface area (Å²) in [5.41, 5.74) is 0.978. The molecule has 0 amide bonds. The van der Waals surface area contributed by atoms with Crippen molar-refractivity contribution in [2.45, 2.75) is 38.1 Å². The van der Waals surface area contributed by atoms with E-state index in [-0.39, 0.29) is 6.23 Å². The molecule has 1 fully saturated rings. The van der Waals surface area contributed by atoms with Crippen molar-refractivity contribution in [3.63, 3.8) is 0 Å². The Morgan fingerprint density at radius 2 is 1.95 bits per heavy atom. The van der Waals surface area contributed by atoms with E-state index in [9.17, 15) is 0 Å². The molecular formula is C13H15Cl3O3Si. The molecule has 1 aliphatic heterocycles. The topological polar surface area (TPSA) is 27.7 Å². The average molecular weight is 354 g/mol. The molecule has 1 aliphatic carbocycles. The van der Waals surface area contributed by atoms with Crippen LogP contribution in [0.1, 0.15) is 31.2 Å². The standard InChI is InChI=1S/C13H15Cl3O3Si/c14-20(15,16)9-17-11-3-4-12-10(7-11)8-18-13(19-12)5-1-2-6-13/h3-4,7H,1-2,5-6,8-9H2. The van der Waals surface area contributed by atoms with E-state index in [4.69, 9.17) is 47.4 Å². The maximum absolute atomic E-state index is 6.03. The van der Waals surface area contributed by atoms with Crippen LogP contribution in [0.2, 0.25) is 0 Å². The smallest absolute Gasteiger partial charge is 0.377 e. The number of ether oxygens (including phenoxy) is 3. The van der Waals surface area contributed by atoms with Gasteiger partial charge in [-0.15, -0.1) is 33.2 Å². The van der Waals surface area contributed by atoms with Crippen LogP contribution in [0.15, 0.2) is 18.2 Å². The van der Waals surface area contributed by atoms with Gasteiger partial charge in [0.15, 0.2) is 0 Å². The molecule has 1 saturated carbocycles. The lowest BCUT2D eigenvalue weighted by Crippen LogP contribution is -2.39. The summed E-state index contributed by atoms with van der Waals surface area (Å²) in [5, 5.41) is 0. The molecule has 7 heteroatoms. The highest BCUT2D eigenvalue weighted by Crippen LogP contribution is 2.42. The Kier molecular flexibility index (Phi) is 4.12. The van der Waals surface area contributed by atoms with Crippen molar-refractivity contribution in [3.05, 3.63) is 23.8 Å². The minimum absolute atomic E-state index is 0.141. The molecule has 2 aliphatic rings. The third-order valence-corrected chi connectivity index (χ3v) is 5.04. The first-order chi connectivity index (χ1) is 9.46. The van der Waals surface area contributed by atoms with Gasteiger partial charge in [-0.2, -0.15) is 0 Å². The highest BCUT2D eigenvalue weighted by atomic mass is 35.8. The van der Waals surface area contributed by atoms with Crippen molar-refractivity contribution >= 4 is 39.2 Å². The molecule has 3 nitrogen and oxygen atoms in total. The number of hydrogen-bond acceptors (Lipinski definition) is 3. The van der Waals surface area contributed by atoms with Crippen LogP contribution in [0.5, 0.6) is 11.5 Å². The number of hydrogen-bond donors (Lipinski definition) is 0. The summed E-state index contributed by atoms with van der Waals surface area (Å²) in [4.78, 5) is 0. The Morgan fingerprint density at radius 1 is 1.20 bits per heavy atom. The van der Waals surface area contributed by atoms with E-state index < -0.39 is 11.8 Å². The average Bonchev–Trinajstić information content (AvgIpc) is 2.84. The predicted molar refractivity (Wildman–Crippen MR) is 81.9 cm³/mol. The molecule has 0 N–H and O–H groups in total. The zero-order valence-electron chi connectivity index (χ0n) is 10.8. The van der Waals surface area contributed by atoms with E-state index in [1.807, 2.05) is 18.2 Å². The second-order valence-corrected chi connectivity index (χ2v) is 14.2. The lowest BCUT2D eigenvalue weighted by atomic mass is 10.1. The van der Waals surface area contributed by atoms with Gasteiger partial charge < -0.3 is 14.2 Å². The Balaban J connectivity index is 1.71. The van der Waals surface area contributed by atoms with Crippen molar-refractivity contribution in [2.24, 2.45) is 0 Å². The van der Waals surface area contributed by atoms with Crippen molar-refractivity contribution in [2.75, 3.05) is 6.23 Å². The van der Waals surface area contributed by atoms with Gasteiger partial charge >= 0.3 is 6.00 Å². The monoisotopic (exact) mass is 352 g/mol. The van der Waals surface area contributed by atoms with E-state index in [1.165, 1.54) is 0 Å². The van der Waals surface area contributed by atoms with Crippen molar-refractivity contribution < 1.29 is 14.2 Å². The van der Waals surface area contributed by atoms with Crippen LogP contribution in [0, 0.1) is 0 Å². The van der Waals surface area contributed by atoms with E-state index in [2.05, 4.69) is 0 Å². The second kappa shape index (κ2) is 5.58. The normalized spacial score (nSPS) is 20.6. The zero-order chi connectivity index (χ0) is 14.2. The fourth-order valence-electron chi connectivity index (χ4n) is 2.62. The van der Waals surface area contributed by atoms with E-state index in [0.29, 0.717) is 12.4 Å². The molecule has 0 bridgehead atoms. The van der Waals surface area contributed by atoms with Gasteiger partial charge in [-0.05, 0) is 31.0 Å². The van der Waals surface area contributed by atoms with Crippen LogP contribution in [0.3, 0.4) is 0 Å². The molecule has 1 spiro atoms. The molecule has 110 valence electrons. The number of fused-ring (bicyclic) bond motifs is 1. The van der Waals surface area contributed by atoms with Crippen LogP contribution < -0.4 is 9.47 Å². The first-order valence-electron chi connectivity index (χ1n) is 6.61. The van der Waals surface area contributed by atoms with Crippen LogP contribution in [0.4, 0.5) is 0 Å². The fourth-order valence-corrected chi connectivity index (χ4v) is 3.44. The number of benzene rings is 1. The van der Waals surface area contributed by atoms with Gasteiger partial charge in [0.1, 0.15) is 17.7 Å². The summed E-state index contributed by atoms with van der Waals surface area (Å²) >= 11 is 17.4. The Labute approximate surface area is 133 Å². The van der Waals surface area contributed by atoms with Gasteiger partial charge in [-0.1, -0.05) is 0 Å². The molecule has 0 unspecified atom stereocenters. The minimum atomic E-state index is -2.77. The molecule has 1 aromatic carbocycles. The quantitative estimate of drug-likeness (QED) is 0.594. The predicted octanol–water partition coefficient (Wildman–Crippen LogP) is 4.44. The van der Waals surface area contributed by atoms with Gasteiger partial charge in [0.05, 0.1) is 6.61 Å². The van der Waals surface area contributed by atoms with Crippen LogP contribution in [-0.4, -0.2) is 18.0 Å². The van der Waals surface area contributed by atoms with Gasteiger partial charge in [-0.25, -0.2) is 0 Å². The summed E-state index contributed by atoms with van der Waals surface area (Å²) in [6, 6.07) is 2.88. The number of halogens is 3. The second-order valence-electron chi connectivity index (χ2n) is 5.18. The van der Waals surface area contributed by atoms with E-state index in [0.717, 1.165) is 37.0 Å².